The molecule has 306 valence electrons. The van der Waals surface area contributed by atoms with E-state index in [9.17, 15) is 5.26 Å². The first-order valence-electron chi connectivity index (χ1n) is 21.9. The molecule has 0 saturated heterocycles. The number of nitriles is 1. The van der Waals surface area contributed by atoms with Crippen LogP contribution >= 0.6 is 0 Å². The summed E-state index contributed by atoms with van der Waals surface area (Å²) in [6, 6.07) is 80.2. The normalized spacial score (nSPS) is 12.2. The van der Waals surface area contributed by atoms with Crippen LogP contribution in [0.2, 0.25) is 0 Å². The van der Waals surface area contributed by atoms with E-state index >= 15 is 0 Å². The van der Waals surface area contributed by atoms with E-state index in [1.165, 1.54) is 60.7 Å². The largest absolute Gasteiger partial charge is 0.311 e. The molecule has 0 bridgehead atoms. The maximum Gasteiger partial charge on any atom is 0.187 e. The van der Waals surface area contributed by atoms with Gasteiger partial charge in [0, 0.05) is 34.1 Å². The Balaban J connectivity index is 1.23. The molecule has 1 aliphatic carbocycles. The van der Waals surface area contributed by atoms with Crippen molar-refractivity contribution in [1.82, 2.24) is 0 Å². The molecule has 0 heterocycles. The summed E-state index contributed by atoms with van der Waals surface area (Å²) in [5.74, 6) is 0. The molecule has 0 amide bonds. The van der Waals surface area contributed by atoms with Crippen LogP contribution in [0, 0.1) is 31.8 Å². The number of aryl methyl sites for hydroxylation is 2. The number of benzene rings is 10. The number of hydrogen-bond acceptors (Lipinski definition) is 3. The van der Waals surface area contributed by atoms with E-state index in [2.05, 4.69) is 204 Å². The van der Waals surface area contributed by atoms with Gasteiger partial charge in [0.1, 0.15) is 0 Å². The van der Waals surface area contributed by atoms with Crippen LogP contribution in [-0.4, -0.2) is 0 Å². The molecule has 1 aliphatic rings. The van der Waals surface area contributed by atoms with Gasteiger partial charge >= 0.3 is 0 Å². The van der Waals surface area contributed by atoms with E-state index in [-0.39, 0.29) is 0 Å². The van der Waals surface area contributed by atoms with Gasteiger partial charge in [-0.3, -0.25) is 0 Å². The van der Waals surface area contributed by atoms with E-state index < -0.39 is 5.41 Å². The van der Waals surface area contributed by atoms with Crippen molar-refractivity contribution in [3.8, 4) is 17.2 Å². The quantitative estimate of drug-likeness (QED) is 0.113. The van der Waals surface area contributed by atoms with E-state index in [4.69, 9.17) is 6.57 Å². The van der Waals surface area contributed by atoms with Crippen molar-refractivity contribution in [3.05, 3.63) is 269 Å². The van der Waals surface area contributed by atoms with Crippen LogP contribution in [-0.2, 0) is 5.41 Å². The molecule has 0 saturated carbocycles. The minimum Gasteiger partial charge on any atom is -0.311 e. The molecular formula is C61H42N4. The standard InChI is InChI=1S/C61H42N4/c1-41-18-26-47(27-19-41)64(50-32-24-46(63-3)25-33-50)51-34-36-55-57(38-51)53-16-10-11-17-54(53)59-56-37-35-52(65(48-28-20-42(2)21-29-48)49-30-22-43(40-62)23-31-49)39-58(56)61(60(55)59,44-12-6-4-7-13-44)45-14-8-5-9-15-45/h4-39H,1-2H3. The van der Waals surface area contributed by atoms with Gasteiger partial charge in [0.25, 0.3) is 0 Å². The minimum atomic E-state index is -0.719. The van der Waals surface area contributed by atoms with Gasteiger partial charge in [0.2, 0.25) is 0 Å². The summed E-state index contributed by atoms with van der Waals surface area (Å²) >= 11 is 0. The average molecular weight is 831 g/mol. The van der Waals surface area contributed by atoms with Crippen LogP contribution in [0.1, 0.15) is 38.9 Å². The number of fused-ring (bicyclic) bond motifs is 8. The molecule has 0 aromatic heterocycles. The summed E-state index contributed by atoms with van der Waals surface area (Å²) in [6.07, 6.45) is 0. The molecule has 0 radical (unpaired) electrons. The lowest BCUT2D eigenvalue weighted by Crippen LogP contribution is -2.29. The van der Waals surface area contributed by atoms with Crippen molar-refractivity contribution in [1.29, 1.82) is 5.26 Å². The average Bonchev–Trinajstić information content (AvgIpc) is 3.68. The number of nitrogens with zero attached hydrogens (tertiary/aromatic N) is 4. The Bertz CT molecular complexity index is 3450. The van der Waals surface area contributed by atoms with Gasteiger partial charge in [-0.25, -0.2) is 4.85 Å². The molecule has 0 fully saturated rings. The van der Waals surface area contributed by atoms with Gasteiger partial charge in [0.15, 0.2) is 5.69 Å². The zero-order chi connectivity index (χ0) is 44.1. The molecule has 0 N–H and O–H groups in total. The highest BCUT2D eigenvalue weighted by Crippen LogP contribution is 2.61. The molecular weight excluding hydrogens is 789 g/mol. The first kappa shape index (κ1) is 39.2. The highest BCUT2D eigenvalue weighted by molar-refractivity contribution is 6.20. The fourth-order valence-corrected chi connectivity index (χ4v) is 10.1. The lowest BCUT2D eigenvalue weighted by atomic mass is 9.66. The van der Waals surface area contributed by atoms with Crippen LogP contribution in [0.15, 0.2) is 218 Å². The van der Waals surface area contributed by atoms with Crippen molar-refractivity contribution >= 4 is 61.4 Å². The van der Waals surface area contributed by atoms with E-state index in [0.29, 0.717) is 11.3 Å². The Morgan fingerprint density at radius 3 is 1.45 bits per heavy atom. The Morgan fingerprint density at radius 1 is 0.446 bits per heavy atom. The van der Waals surface area contributed by atoms with Crippen LogP contribution < -0.4 is 9.80 Å². The fraction of sp³-hybridized carbons (Fsp3) is 0.0492. The molecule has 0 aliphatic heterocycles. The second kappa shape index (κ2) is 15.9. The predicted molar refractivity (Wildman–Crippen MR) is 269 cm³/mol. The lowest BCUT2D eigenvalue weighted by Gasteiger charge is -2.36. The second-order valence-electron chi connectivity index (χ2n) is 16.9. The van der Waals surface area contributed by atoms with Gasteiger partial charge < -0.3 is 9.80 Å². The molecule has 10 aromatic rings. The number of rotatable bonds is 8. The van der Waals surface area contributed by atoms with Crippen LogP contribution in [0.3, 0.4) is 0 Å². The first-order chi connectivity index (χ1) is 32.0. The molecule has 4 nitrogen and oxygen atoms in total. The Kier molecular flexibility index (Phi) is 9.57. The Labute approximate surface area is 380 Å². The van der Waals surface area contributed by atoms with Crippen molar-refractivity contribution in [2.75, 3.05) is 9.80 Å². The Morgan fingerprint density at radius 2 is 0.908 bits per heavy atom. The summed E-state index contributed by atoms with van der Waals surface area (Å²) in [7, 11) is 0. The second-order valence-corrected chi connectivity index (χ2v) is 16.9. The lowest BCUT2D eigenvalue weighted by molar-refractivity contribution is 0.776. The van der Waals surface area contributed by atoms with E-state index in [1.807, 2.05) is 48.5 Å². The molecule has 0 atom stereocenters. The topological polar surface area (TPSA) is 34.6 Å². The van der Waals surface area contributed by atoms with Crippen LogP contribution in [0.5, 0.6) is 0 Å². The van der Waals surface area contributed by atoms with Crippen molar-refractivity contribution in [2.45, 2.75) is 19.3 Å². The van der Waals surface area contributed by atoms with Gasteiger partial charge in [-0.05, 0) is 154 Å². The minimum absolute atomic E-state index is 0.609. The van der Waals surface area contributed by atoms with Gasteiger partial charge in [-0.15, -0.1) is 0 Å². The molecule has 65 heavy (non-hydrogen) atoms. The summed E-state index contributed by atoms with van der Waals surface area (Å²) in [6.45, 7) is 11.9. The third-order valence-electron chi connectivity index (χ3n) is 13.1. The van der Waals surface area contributed by atoms with Gasteiger partial charge in [-0.2, -0.15) is 5.26 Å². The predicted octanol–water partition coefficient (Wildman–Crippen LogP) is 16.3. The molecule has 0 spiro atoms. The van der Waals surface area contributed by atoms with Crippen molar-refractivity contribution < 1.29 is 0 Å². The summed E-state index contributed by atoms with van der Waals surface area (Å²) in [5.41, 5.74) is 16.2. The Hall–Kier alpha value is -8.70. The summed E-state index contributed by atoms with van der Waals surface area (Å²) in [4.78, 5) is 8.29. The SMILES string of the molecule is [C-]#[N+]c1ccc(N(c2ccc(C)cc2)c2ccc3c4c(c5ccccc5c3c2)-c2ccc(N(c3ccc(C)cc3)c3ccc(C#N)cc3)cc2C4(c2ccccc2)c2ccccc2)cc1. The van der Waals surface area contributed by atoms with Gasteiger partial charge in [-0.1, -0.05) is 145 Å². The third-order valence-corrected chi connectivity index (χ3v) is 13.1. The van der Waals surface area contributed by atoms with E-state index in [0.717, 1.165) is 39.5 Å². The van der Waals surface area contributed by atoms with Crippen molar-refractivity contribution in [3.63, 3.8) is 0 Å². The summed E-state index contributed by atoms with van der Waals surface area (Å²) in [5, 5.41) is 14.5. The number of anilines is 6. The van der Waals surface area contributed by atoms with Crippen LogP contribution in [0.4, 0.5) is 39.8 Å². The fourth-order valence-electron chi connectivity index (χ4n) is 10.1. The molecule has 0 unspecified atom stereocenters. The highest BCUT2D eigenvalue weighted by Gasteiger charge is 2.48. The molecule has 11 rings (SSSR count). The molecule has 4 heteroatoms. The number of hydrogen-bond donors (Lipinski definition) is 0. The zero-order valence-electron chi connectivity index (χ0n) is 36.1. The zero-order valence-corrected chi connectivity index (χ0v) is 36.1. The maximum atomic E-state index is 9.75. The van der Waals surface area contributed by atoms with Crippen molar-refractivity contribution in [2.24, 2.45) is 0 Å². The molecule has 10 aromatic carbocycles. The summed E-state index contributed by atoms with van der Waals surface area (Å²) < 4.78 is 0. The highest BCUT2D eigenvalue weighted by atomic mass is 15.1. The van der Waals surface area contributed by atoms with Gasteiger partial charge in [0.05, 0.1) is 23.6 Å². The van der Waals surface area contributed by atoms with Crippen LogP contribution in [0.25, 0.3) is 37.5 Å². The van der Waals surface area contributed by atoms with E-state index in [1.54, 1.807) is 0 Å². The smallest absolute Gasteiger partial charge is 0.187 e. The monoisotopic (exact) mass is 830 g/mol. The third kappa shape index (κ3) is 6.43. The first-order valence-corrected chi connectivity index (χ1v) is 21.9. The maximum absolute atomic E-state index is 9.75.